The Morgan fingerprint density at radius 1 is 1.39 bits per heavy atom. The molecule has 0 bridgehead atoms. The molecule has 0 radical (unpaired) electrons. The quantitative estimate of drug-likeness (QED) is 0.672. The first-order valence-corrected chi connectivity index (χ1v) is 9.24. The third-order valence-electron chi connectivity index (χ3n) is 4.12. The number of urea groups is 1. The molecule has 1 aromatic carbocycles. The van der Waals surface area contributed by atoms with Crippen molar-refractivity contribution >= 4 is 29.1 Å². The Kier molecular flexibility index (Phi) is 6.99. The van der Waals surface area contributed by atoms with Crippen molar-refractivity contribution in [2.75, 3.05) is 43.6 Å². The molecule has 9 nitrogen and oxygen atoms in total. The molecule has 1 atom stereocenters. The largest absolute Gasteiger partial charge is 0.489 e. The third kappa shape index (κ3) is 5.77. The van der Waals surface area contributed by atoms with Gasteiger partial charge in [0.05, 0.1) is 30.4 Å². The van der Waals surface area contributed by atoms with Gasteiger partial charge in [-0.2, -0.15) is 0 Å². The van der Waals surface area contributed by atoms with Crippen LogP contribution in [-0.4, -0.2) is 60.0 Å². The summed E-state index contributed by atoms with van der Waals surface area (Å²) in [6.45, 7) is 4.74. The number of anilines is 2. The summed E-state index contributed by atoms with van der Waals surface area (Å²) in [6.07, 6.45) is 2.95. The van der Waals surface area contributed by atoms with Crippen LogP contribution in [0.3, 0.4) is 0 Å². The molecule has 28 heavy (non-hydrogen) atoms. The Hall–Kier alpha value is -2.46. The second-order valence-corrected chi connectivity index (χ2v) is 6.76. The van der Waals surface area contributed by atoms with E-state index in [2.05, 4.69) is 25.5 Å². The van der Waals surface area contributed by atoms with Crippen molar-refractivity contribution in [3.8, 4) is 5.75 Å². The van der Waals surface area contributed by atoms with Crippen LogP contribution in [0.15, 0.2) is 30.6 Å². The highest BCUT2D eigenvalue weighted by Crippen LogP contribution is 2.28. The lowest BCUT2D eigenvalue weighted by molar-refractivity contribution is -0.0470. The van der Waals surface area contributed by atoms with Crippen LogP contribution in [-0.2, 0) is 4.74 Å². The summed E-state index contributed by atoms with van der Waals surface area (Å²) < 4.78 is 11.6. The average molecular weight is 407 g/mol. The number of halogens is 1. The Morgan fingerprint density at radius 3 is 3.00 bits per heavy atom. The number of morpholine rings is 1. The molecule has 1 fully saturated rings. The van der Waals surface area contributed by atoms with Gasteiger partial charge in [0.1, 0.15) is 18.5 Å². The first-order valence-electron chi connectivity index (χ1n) is 8.86. The summed E-state index contributed by atoms with van der Waals surface area (Å²) in [7, 11) is 0. The van der Waals surface area contributed by atoms with E-state index >= 15 is 0 Å². The molecule has 2 amide bonds. The maximum atomic E-state index is 12.3. The van der Waals surface area contributed by atoms with Gasteiger partial charge in [0.25, 0.3) is 0 Å². The molecule has 3 rings (SSSR count). The van der Waals surface area contributed by atoms with Crippen molar-refractivity contribution in [2.24, 2.45) is 5.73 Å². The zero-order valence-electron chi connectivity index (χ0n) is 15.5. The lowest BCUT2D eigenvalue weighted by Gasteiger charge is -2.31. The van der Waals surface area contributed by atoms with E-state index in [1.807, 2.05) is 6.92 Å². The molecule has 1 aromatic heterocycles. The molecule has 0 unspecified atom stereocenters. The number of nitrogens with zero attached hydrogens (tertiary/aromatic N) is 3. The molecule has 150 valence electrons. The highest BCUT2D eigenvalue weighted by molar-refractivity contribution is 6.31. The zero-order valence-corrected chi connectivity index (χ0v) is 16.3. The molecule has 4 N–H and O–H groups in total. The summed E-state index contributed by atoms with van der Waals surface area (Å²) in [5.74, 6) is 0.827. The number of aromatic nitrogens is 2. The van der Waals surface area contributed by atoms with Gasteiger partial charge < -0.3 is 20.5 Å². The second kappa shape index (κ2) is 9.65. The number of benzene rings is 1. The van der Waals surface area contributed by atoms with Crippen molar-refractivity contribution in [1.29, 1.82) is 0 Å². The molecule has 10 heteroatoms. The number of aryl methyl sites for hydroxylation is 1. The number of rotatable bonds is 6. The molecule has 0 aliphatic carbocycles. The second-order valence-electron chi connectivity index (χ2n) is 6.33. The van der Waals surface area contributed by atoms with E-state index in [1.165, 1.54) is 6.20 Å². The van der Waals surface area contributed by atoms with Gasteiger partial charge in [0, 0.05) is 24.8 Å². The van der Waals surface area contributed by atoms with Crippen molar-refractivity contribution in [3.05, 3.63) is 41.3 Å². The Bertz CT molecular complexity index is 804. The number of nitrogens with two attached hydrogens (primary N) is 1. The summed E-state index contributed by atoms with van der Waals surface area (Å²) in [5, 5.41) is 5.81. The minimum atomic E-state index is -0.478. The topological polar surface area (TPSA) is 115 Å². The van der Waals surface area contributed by atoms with Crippen LogP contribution in [0.5, 0.6) is 5.75 Å². The highest BCUT2D eigenvalue weighted by atomic mass is 35.5. The molecular formula is C18H23ClN6O3. The van der Waals surface area contributed by atoms with Crippen LogP contribution in [0.1, 0.15) is 5.69 Å². The fourth-order valence-corrected chi connectivity index (χ4v) is 2.85. The first kappa shape index (κ1) is 20.3. The van der Waals surface area contributed by atoms with Gasteiger partial charge in [0.2, 0.25) is 0 Å². The van der Waals surface area contributed by atoms with Crippen LogP contribution < -0.4 is 21.1 Å². The molecule has 1 saturated heterocycles. The lowest BCUT2D eigenvalue weighted by Crippen LogP contribution is -2.47. The number of nitrogens with one attached hydrogen (secondary N) is 2. The first-order chi connectivity index (χ1) is 13.5. The van der Waals surface area contributed by atoms with Crippen LogP contribution in [0.25, 0.3) is 0 Å². The molecular weight excluding hydrogens is 384 g/mol. The summed E-state index contributed by atoms with van der Waals surface area (Å²) >= 11 is 6.07. The van der Waals surface area contributed by atoms with Crippen LogP contribution in [0.2, 0.25) is 5.02 Å². The van der Waals surface area contributed by atoms with Gasteiger partial charge in [-0.3, -0.25) is 15.2 Å². The van der Waals surface area contributed by atoms with Crippen molar-refractivity contribution in [3.63, 3.8) is 0 Å². The van der Waals surface area contributed by atoms with Gasteiger partial charge in [-0.15, -0.1) is 0 Å². The van der Waals surface area contributed by atoms with Crippen LogP contribution >= 0.6 is 11.6 Å². The fourth-order valence-electron chi connectivity index (χ4n) is 2.68. The van der Waals surface area contributed by atoms with Crippen molar-refractivity contribution in [1.82, 2.24) is 14.9 Å². The van der Waals surface area contributed by atoms with Crippen LogP contribution in [0, 0.1) is 6.92 Å². The summed E-state index contributed by atoms with van der Waals surface area (Å²) in [6, 6.07) is 4.53. The minimum Gasteiger partial charge on any atom is -0.489 e. The van der Waals surface area contributed by atoms with E-state index in [0.29, 0.717) is 48.7 Å². The van der Waals surface area contributed by atoms with E-state index in [0.717, 1.165) is 12.2 Å². The molecule has 2 heterocycles. The Balaban J connectivity index is 1.61. The van der Waals surface area contributed by atoms with E-state index < -0.39 is 6.03 Å². The number of carbonyl (C=O) groups is 1. The molecule has 1 aliphatic rings. The number of ether oxygens (including phenoxy) is 2. The normalized spacial score (nSPS) is 17.2. The van der Waals surface area contributed by atoms with Gasteiger partial charge >= 0.3 is 6.03 Å². The predicted molar refractivity (Wildman–Crippen MR) is 107 cm³/mol. The van der Waals surface area contributed by atoms with E-state index in [4.69, 9.17) is 26.8 Å². The average Bonchev–Trinajstić information content (AvgIpc) is 2.69. The SMILES string of the molecule is Cc1cnc(NC(=O)Nc2cc(Cl)ccc2OC[C@@H]2CN(CN)CCO2)cn1. The van der Waals surface area contributed by atoms with Gasteiger partial charge in [-0.05, 0) is 25.1 Å². The smallest absolute Gasteiger partial charge is 0.325 e. The minimum absolute atomic E-state index is 0.0995. The van der Waals surface area contributed by atoms with Gasteiger partial charge in [-0.1, -0.05) is 11.6 Å². The molecule has 0 spiro atoms. The zero-order chi connectivity index (χ0) is 19.9. The number of carbonyl (C=O) groups excluding carboxylic acids is 1. The van der Waals surface area contributed by atoms with Gasteiger partial charge in [-0.25, -0.2) is 9.78 Å². The molecule has 1 aliphatic heterocycles. The molecule has 2 aromatic rings. The molecule has 0 saturated carbocycles. The van der Waals surface area contributed by atoms with Crippen molar-refractivity contribution in [2.45, 2.75) is 13.0 Å². The lowest BCUT2D eigenvalue weighted by atomic mass is 10.2. The van der Waals surface area contributed by atoms with Gasteiger partial charge in [0.15, 0.2) is 5.82 Å². The Labute approximate surface area is 168 Å². The maximum Gasteiger partial charge on any atom is 0.325 e. The maximum absolute atomic E-state index is 12.3. The standard InChI is InChI=1S/C18H23ClN6O3/c1-12-7-22-17(8-21-12)24-18(26)23-15-6-13(19)2-3-16(15)28-10-14-9-25(11-20)4-5-27-14/h2-3,6-8,14H,4-5,9-11,20H2,1H3,(H2,22,23,24,26)/t14-/m0/s1. The number of hydrogen-bond acceptors (Lipinski definition) is 7. The Morgan fingerprint density at radius 2 is 2.25 bits per heavy atom. The van der Waals surface area contributed by atoms with Crippen molar-refractivity contribution < 1.29 is 14.3 Å². The summed E-state index contributed by atoms with van der Waals surface area (Å²) in [5.41, 5.74) is 6.89. The summed E-state index contributed by atoms with van der Waals surface area (Å²) in [4.78, 5) is 22.6. The predicted octanol–water partition coefficient (Wildman–Crippen LogP) is 2.08. The third-order valence-corrected chi connectivity index (χ3v) is 4.35. The fraction of sp³-hybridized carbons (Fsp3) is 0.389. The monoisotopic (exact) mass is 406 g/mol. The highest BCUT2D eigenvalue weighted by Gasteiger charge is 2.20. The van der Waals surface area contributed by atoms with E-state index in [9.17, 15) is 4.79 Å². The van der Waals surface area contributed by atoms with E-state index in [1.54, 1.807) is 24.4 Å². The van der Waals surface area contributed by atoms with Crippen LogP contribution in [0.4, 0.5) is 16.3 Å². The number of hydrogen-bond donors (Lipinski definition) is 3. The van der Waals surface area contributed by atoms with E-state index in [-0.39, 0.29) is 6.10 Å². The number of amides is 2.